The van der Waals surface area contributed by atoms with E-state index in [0.717, 1.165) is 34.2 Å². The monoisotopic (exact) mass is 298 g/mol. The van der Waals surface area contributed by atoms with Crippen LogP contribution < -0.4 is 4.90 Å². The lowest BCUT2D eigenvalue weighted by molar-refractivity contribution is -0.870. The van der Waals surface area contributed by atoms with E-state index < -0.39 is 0 Å². The van der Waals surface area contributed by atoms with Crippen LogP contribution in [0.3, 0.4) is 0 Å². The molecule has 1 saturated heterocycles. The smallest absolute Gasteiger partial charge is 0.196 e. The van der Waals surface area contributed by atoms with Crippen LogP contribution in [-0.2, 0) is 4.79 Å². The van der Waals surface area contributed by atoms with Crippen LogP contribution in [0.25, 0.3) is 12.2 Å². The quantitative estimate of drug-likeness (QED) is 0.863. The zero-order valence-corrected chi connectivity index (χ0v) is 13.1. The molecule has 1 fully saturated rings. The van der Waals surface area contributed by atoms with Gasteiger partial charge in [0.2, 0.25) is 0 Å². The molecule has 3 rings (SSSR count). The largest absolute Gasteiger partial charge is 0.462 e. The van der Waals surface area contributed by atoms with Gasteiger partial charge in [-0.05, 0) is 50.3 Å². The van der Waals surface area contributed by atoms with Crippen LogP contribution in [-0.4, -0.2) is 25.9 Å². The van der Waals surface area contributed by atoms with Gasteiger partial charge >= 0.3 is 0 Å². The number of aryl methyl sites for hydroxylation is 2. The molecule has 0 amide bonds. The topological polar surface area (TPSA) is 47.8 Å². The fourth-order valence-corrected chi connectivity index (χ4v) is 2.72. The van der Waals surface area contributed by atoms with E-state index in [1.807, 2.05) is 50.3 Å². The zero-order valence-electron chi connectivity index (χ0n) is 13.1. The molecule has 1 N–H and O–H groups in total. The fraction of sp³-hybridized carbons (Fsp3) is 0.278. The second-order valence-corrected chi connectivity index (χ2v) is 5.88. The normalized spacial score (nSPS) is 22.7. The van der Waals surface area contributed by atoms with Crippen molar-refractivity contribution in [3.8, 4) is 0 Å². The average molecular weight is 298 g/mol. The van der Waals surface area contributed by atoms with Gasteiger partial charge in [0, 0.05) is 0 Å². The van der Waals surface area contributed by atoms with Gasteiger partial charge in [0.15, 0.2) is 5.78 Å². The SMILES string of the molecule is Cc1ccc(/C=C2/C[NH+](C)C/C(=C\c3ccc(C)o3)C2=O)o1. The summed E-state index contributed by atoms with van der Waals surface area (Å²) in [5.74, 6) is 3.22. The number of carbonyl (C=O) groups excluding carboxylic acids is 1. The number of ketones is 1. The Morgan fingerprint density at radius 1 is 0.909 bits per heavy atom. The molecule has 3 heterocycles. The van der Waals surface area contributed by atoms with E-state index in [1.54, 1.807) is 0 Å². The highest BCUT2D eigenvalue weighted by Crippen LogP contribution is 2.18. The first kappa shape index (κ1) is 14.6. The van der Waals surface area contributed by atoms with E-state index in [-0.39, 0.29) is 5.78 Å². The van der Waals surface area contributed by atoms with E-state index >= 15 is 0 Å². The van der Waals surface area contributed by atoms with E-state index in [0.29, 0.717) is 13.1 Å². The fourth-order valence-electron chi connectivity index (χ4n) is 2.72. The van der Waals surface area contributed by atoms with E-state index in [4.69, 9.17) is 8.83 Å². The Labute approximate surface area is 129 Å². The van der Waals surface area contributed by atoms with Crippen molar-refractivity contribution in [3.63, 3.8) is 0 Å². The third kappa shape index (κ3) is 3.12. The minimum Gasteiger partial charge on any atom is -0.462 e. The minimum atomic E-state index is 0.0775. The molecule has 22 heavy (non-hydrogen) atoms. The van der Waals surface area contributed by atoms with Crippen LogP contribution in [0.2, 0.25) is 0 Å². The molecule has 0 aromatic carbocycles. The molecule has 0 bridgehead atoms. The summed E-state index contributed by atoms with van der Waals surface area (Å²) in [5.41, 5.74) is 1.54. The predicted octanol–water partition coefficient (Wildman–Crippen LogP) is 2.05. The number of nitrogens with one attached hydrogen (secondary N) is 1. The molecule has 4 heteroatoms. The summed E-state index contributed by atoms with van der Waals surface area (Å²) in [6, 6.07) is 7.58. The zero-order chi connectivity index (χ0) is 15.7. The summed E-state index contributed by atoms with van der Waals surface area (Å²) in [7, 11) is 2.08. The van der Waals surface area contributed by atoms with Crippen molar-refractivity contribution in [2.45, 2.75) is 13.8 Å². The molecule has 1 unspecified atom stereocenters. The van der Waals surface area contributed by atoms with Gasteiger partial charge in [0.1, 0.15) is 36.1 Å². The molecule has 1 aliphatic heterocycles. The third-order valence-corrected chi connectivity index (χ3v) is 3.72. The van der Waals surface area contributed by atoms with E-state index in [9.17, 15) is 4.79 Å². The number of quaternary nitrogens is 1. The van der Waals surface area contributed by atoms with Gasteiger partial charge < -0.3 is 13.7 Å². The molecule has 1 aliphatic rings. The van der Waals surface area contributed by atoms with Gasteiger partial charge in [-0.25, -0.2) is 0 Å². The molecule has 2 aromatic heterocycles. The molecule has 0 aliphatic carbocycles. The third-order valence-electron chi connectivity index (χ3n) is 3.72. The van der Waals surface area contributed by atoms with Crippen LogP contribution in [0.5, 0.6) is 0 Å². The number of piperidine rings is 1. The van der Waals surface area contributed by atoms with Crippen LogP contribution in [0.4, 0.5) is 0 Å². The summed E-state index contributed by atoms with van der Waals surface area (Å²) >= 11 is 0. The number of likely N-dealkylation sites (N-methyl/N-ethyl adjacent to an activating group) is 1. The molecule has 1 atom stereocenters. The van der Waals surface area contributed by atoms with Crippen molar-refractivity contribution in [3.05, 3.63) is 58.5 Å². The number of hydrogen-bond acceptors (Lipinski definition) is 3. The number of hydrogen-bond donors (Lipinski definition) is 1. The molecule has 2 aromatic rings. The van der Waals surface area contributed by atoms with Gasteiger partial charge in [0.25, 0.3) is 0 Å². The highest BCUT2D eigenvalue weighted by molar-refractivity contribution is 6.13. The Balaban J connectivity index is 1.91. The van der Waals surface area contributed by atoms with Gasteiger partial charge in [-0.3, -0.25) is 4.79 Å². The van der Waals surface area contributed by atoms with Crippen molar-refractivity contribution in [1.29, 1.82) is 0 Å². The lowest BCUT2D eigenvalue weighted by Gasteiger charge is -2.22. The maximum absolute atomic E-state index is 12.7. The van der Waals surface area contributed by atoms with Crippen LogP contribution >= 0.6 is 0 Å². The molecule has 0 spiro atoms. The summed E-state index contributed by atoms with van der Waals surface area (Å²) < 4.78 is 11.1. The van der Waals surface area contributed by atoms with Crippen molar-refractivity contribution in [2.24, 2.45) is 0 Å². The second-order valence-electron chi connectivity index (χ2n) is 5.88. The van der Waals surface area contributed by atoms with Gasteiger partial charge in [-0.15, -0.1) is 0 Å². The molecular weight excluding hydrogens is 278 g/mol. The Morgan fingerprint density at radius 2 is 1.36 bits per heavy atom. The standard InChI is InChI=1S/C18H19NO3/c1-12-4-6-16(21-12)8-14-10-19(3)11-15(18(14)20)9-17-7-5-13(2)22-17/h4-9H,10-11H2,1-3H3/p+1/b14-8-,15-9+. The summed E-state index contributed by atoms with van der Waals surface area (Å²) in [5, 5.41) is 0. The Bertz CT molecular complexity index is 699. The molecular formula is C18H20NO3+. The molecule has 0 radical (unpaired) electrons. The highest BCUT2D eigenvalue weighted by atomic mass is 16.3. The average Bonchev–Trinajstić information content (AvgIpc) is 3.04. The maximum Gasteiger partial charge on any atom is 0.196 e. The lowest BCUT2D eigenvalue weighted by Crippen LogP contribution is -3.10. The summed E-state index contributed by atoms with van der Waals surface area (Å²) in [6.07, 6.45) is 3.69. The van der Waals surface area contributed by atoms with Gasteiger partial charge in [-0.2, -0.15) is 0 Å². The van der Waals surface area contributed by atoms with Gasteiger partial charge in [-0.1, -0.05) is 0 Å². The first-order valence-corrected chi connectivity index (χ1v) is 7.41. The number of likely N-dealkylation sites (tertiary alicyclic amines) is 1. The number of furan rings is 2. The van der Waals surface area contributed by atoms with Crippen LogP contribution in [0.1, 0.15) is 23.0 Å². The Kier molecular flexibility index (Phi) is 3.86. The second kappa shape index (κ2) is 5.81. The molecule has 114 valence electrons. The highest BCUT2D eigenvalue weighted by Gasteiger charge is 2.27. The van der Waals surface area contributed by atoms with Crippen molar-refractivity contribution < 1.29 is 18.5 Å². The Morgan fingerprint density at radius 3 is 1.73 bits per heavy atom. The lowest BCUT2D eigenvalue weighted by atomic mass is 9.96. The van der Waals surface area contributed by atoms with Crippen molar-refractivity contribution in [2.75, 3.05) is 20.1 Å². The number of carbonyl (C=O) groups is 1. The molecule has 4 nitrogen and oxygen atoms in total. The van der Waals surface area contributed by atoms with Gasteiger partial charge in [0.05, 0.1) is 18.2 Å². The van der Waals surface area contributed by atoms with Crippen molar-refractivity contribution in [1.82, 2.24) is 0 Å². The minimum absolute atomic E-state index is 0.0775. The number of Topliss-reactive ketones (excluding diaryl/α,β-unsaturated/α-hetero) is 1. The first-order valence-electron chi connectivity index (χ1n) is 7.41. The maximum atomic E-state index is 12.7. The van der Waals surface area contributed by atoms with Crippen LogP contribution in [0, 0.1) is 13.8 Å². The van der Waals surface area contributed by atoms with E-state index in [1.165, 1.54) is 4.90 Å². The van der Waals surface area contributed by atoms with E-state index in [2.05, 4.69) is 7.05 Å². The van der Waals surface area contributed by atoms with Crippen LogP contribution in [0.15, 0.2) is 44.2 Å². The number of rotatable bonds is 2. The first-order chi connectivity index (χ1) is 10.5. The molecule has 0 saturated carbocycles. The van der Waals surface area contributed by atoms with Crippen molar-refractivity contribution >= 4 is 17.9 Å². The summed E-state index contributed by atoms with van der Waals surface area (Å²) in [6.45, 7) is 5.19. The summed E-state index contributed by atoms with van der Waals surface area (Å²) in [4.78, 5) is 13.9. The predicted molar refractivity (Wildman–Crippen MR) is 84.5 cm³/mol. The Hall–Kier alpha value is -2.33.